The topological polar surface area (TPSA) is 127 Å². The molecule has 2 aromatic rings. The molecule has 10 nitrogen and oxygen atoms in total. The molecule has 0 fully saturated rings. The van der Waals surface area contributed by atoms with Crippen molar-refractivity contribution in [2.75, 3.05) is 17.7 Å². The van der Waals surface area contributed by atoms with Crippen LogP contribution in [0.2, 0.25) is 0 Å². The summed E-state index contributed by atoms with van der Waals surface area (Å²) in [5.41, 5.74) is 0.268. The molecule has 27 heavy (non-hydrogen) atoms. The van der Waals surface area contributed by atoms with E-state index in [0.717, 1.165) is 7.11 Å². The molecule has 0 unspecified atom stereocenters. The van der Waals surface area contributed by atoms with Gasteiger partial charge in [0.05, 0.1) is 11.4 Å². The summed E-state index contributed by atoms with van der Waals surface area (Å²) in [5, 5.41) is 12.1. The van der Waals surface area contributed by atoms with Gasteiger partial charge in [0.25, 0.3) is 5.91 Å². The number of hydrogen-bond acceptors (Lipinski definition) is 6. The number of hydrogen-bond donors (Lipinski definition) is 3. The molecule has 0 radical (unpaired) electrons. The third-order valence-electron chi connectivity index (χ3n) is 3.13. The highest BCUT2D eigenvalue weighted by atomic mass is 16.6. The zero-order chi connectivity index (χ0) is 20.8. The van der Waals surface area contributed by atoms with Gasteiger partial charge in [-0.15, -0.1) is 0 Å². The Kier molecular flexibility index (Phi) is 7.29. The van der Waals surface area contributed by atoms with Crippen molar-refractivity contribution in [3.05, 3.63) is 30.0 Å². The highest BCUT2D eigenvalue weighted by Crippen LogP contribution is 2.15. The Morgan fingerprint density at radius 2 is 1.78 bits per heavy atom. The normalized spacial score (nSPS) is 10.5. The molecule has 148 valence electrons. The highest BCUT2D eigenvalue weighted by Gasteiger charge is 2.19. The molecule has 0 saturated heterocycles. The first-order valence-corrected chi connectivity index (χ1v) is 8.00. The lowest BCUT2D eigenvalue weighted by Crippen LogP contribution is -2.27. The molecule has 0 aliphatic heterocycles. The molecule has 0 spiro atoms. The first kappa shape index (κ1) is 21.9. The van der Waals surface area contributed by atoms with Crippen LogP contribution in [0.1, 0.15) is 41.9 Å². The van der Waals surface area contributed by atoms with Gasteiger partial charge in [-0.05, 0) is 26.8 Å². The van der Waals surface area contributed by atoms with Crippen molar-refractivity contribution in [3.8, 4) is 0 Å². The van der Waals surface area contributed by atoms with Crippen LogP contribution in [-0.4, -0.2) is 50.2 Å². The van der Waals surface area contributed by atoms with Crippen molar-refractivity contribution < 1.29 is 24.2 Å². The fourth-order valence-corrected chi connectivity index (χ4v) is 2.10. The number of amides is 2. The van der Waals surface area contributed by atoms with Crippen LogP contribution < -0.4 is 10.6 Å². The van der Waals surface area contributed by atoms with Crippen molar-refractivity contribution in [2.24, 2.45) is 14.1 Å². The Hall–Kier alpha value is -3.14. The Labute approximate surface area is 157 Å². The molecule has 0 aliphatic rings. The van der Waals surface area contributed by atoms with Crippen LogP contribution >= 0.6 is 0 Å². The van der Waals surface area contributed by atoms with E-state index in [1.165, 1.54) is 10.8 Å². The lowest BCUT2D eigenvalue weighted by molar-refractivity contribution is 0.0635. The Morgan fingerprint density at radius 1 is 1.15 bits per heavy atom. The van der Waals surface area contributed by atoms with Gasteiger partial charge in [-0.2, -0.15) is 0 Å². The number of ether oxygens (including phenoxy) is 1. The fraction of sp³-hybridized carbons (Fsp3) is 0.412. The van der Waals surface area contributed by atoms with Gasteiger partial charge in [-0.1, -0.05) is 0 Å². The number of aldehydes is 1. The summed E-state index contributed by atoms with van der Waals surface area (Å²) >= 11 is 0. The maximum Gasteiger partial charge on any atom is 0.413 e. The number of carbonyl (C=O) groups excluding carboxylic acids is 3. The molecular weight excluding hydrogens is 354 g/mol. The molecule has 2 amide bonds. The minimum Gasteiger partial charge on any atom is -0.444 e. The molecule has 0 saturated carbocycles. The molecule has 2 aromatic heterocycles. The molecule has 0 bridgehead atoms. The number of nitrogens with zero attached hydrogens (tertiary/aromatic N) is 3. The monoisotopic (exact) mass is 379 g/mol. The third kappa shape index (κ3) is 6.26. The van der Waals surface area contributed by atoms with E-state index in [4.69, 9.17) is 9.84 Å². The van der Waals surface area contributed by atoms with E-state index < -0.39 is 17.6 Å². The van der Waals surface area contributed by atoms with Crippen molar-refractivity contribution in [2.45, 2.75) is 26.4 Å². The summed E-state index contributed by atoms with van der Waals surface area (Å²) in [5.74, 6) is -0.172. The summed E-state index contributed by atoms with van der Waals surface area (Å²) < 4.78 is 8.21. The first-order valence-electron chi connectivity index (χ1n) is 8.00. The summed E-state index contributed by atoms with van der Waals surface area (Å²) in [7, 11) is 4.33. The summed E-state index contributed by atoms with van der Waals surface area (Å²) in [6.45, 7) is 5.24. The van der Waals surface area contributed by atoms with Crippen molar-refractivity contribution in [1.82, 2.24) is 14.1 Å². The van der Waals surface area contributed by atoms with E-state index in [-0.39, 0.29) is 11.6 Å². The first-order chi connectivity index (χ1) is 12.6. The van der Waals surface area contributed by atoms with Crippen LogP contribution in [0, 0.1) is 0 Å². The van der Waals surface area contributed by atoms with E-state index in [1.54, 1.807) is 51.7 Å². The summed E-state index contributed by atoms with van der Waals surface area (Å²) in [6, 6.07) is 1.55. The predicted molar refractivity (Wildman–Crippen MR) is 100.0 cm³/mol. The largest absolute Gasteiger partial charge is 0.444 e. The minimum absolute atomic E-state index is 0.0996. The molecule has 10 heteroatoms. The number of rotatable bonds is 4. The lowest BCUT2D eigenvalue weighted by atomic mass is 10.2. The second-order valence-corrected chi connectivity index (χ2v) is 6.52. The SMILES string of the molecule is CO.Cn1cc(NC(=O)c2nc(NC(=O)OC(C)(C)C)cn2C)cc1C=O. The Bertz CT molecular complexity index is 816. The van der Waals surface area contributed by atoms with Gasteiger partial charge in [0.15, 0.2) is 12.1 Å². The molecule has 3 N–H and O–H groups in total. The summed E-state index contributed by atoms with van der Waals surface area (Å²) in [6.07, 6.45) is 3.15. The number of aliphatic hydroxyl groups is 1. The van der Waals surface area contributed by atoms with E-state index in [9.17, 15) is 14.4 Å². The van der Waals surface area contributed by atoms with Gasteiger partial charge in [0.2, 0.25) is 5.82 Å². The van der Waals surface area contributed by atoms with Gasteiger partial charge < -0.3 is 24.3 Å². The summed E-state index contributed by atoms with van der Waals surface area (Å²) in [4.78, 5) is 39.0. The van der Waals surface area contributed by atoms with Crippen LogP contribution in [0.5, 0.6) is 0 Å². The van der Waals surface area contributed by atoms with Crippen molar-refractivity contribution >= 4 is 29.8 Å². The fourth-order valence-electron chi connectivity index (χ4n) is 2.10. The number of aliphatic hydroxyl groups excluding tert-OH is 1. The molecule has 2 rings (SSSR count). The maximum atomic E-state index is 12.3. The third-order valence-corrected chi connectivity index (χ3v) is 3.13. The van der Waals surface area contributed by atoms with Gasteiger partial charge in [0, 0.05) is 33.6 Å². The molecule has 0 aliphatic carbocycles. The van der Waals surface area contributed by atoms with Crippen LogP contribution in [-0.2, 0) is 18.8 Å². The average molecular weight is 379 g/mol. The number of nitrogens with one attached hydrogen (secondary N) is 2. The molecule has 0 aromatic carbocycles. The van der Waals surface area contributed by atoms with Gasteiger partial charge in [-0.25, -0.2) is 9.78 Å². The molecule has 2 heterocycles. The Balaban J connectivity index is 0.00000176. The highest BCUT2D eigenvalue weighted by molar-refractivity contribution is 6.02. The number of anilines is 2. The second kappa shape index (κ2) is 8.99. The molecular formula is C17H25N5O5. The van der Waals surface area contributed by atoms with E-state index >= 15 is 0 Å². The van der Waals surface area contributed by atoms with Crippen LogP contribution in [0.4, 0.5) is 16.3 Å². The predicted octanol–water partition coefficient (Wildman–Crippen LogP) is 1.78. The lowest BCUT2D eigenvalue weighted by Gasteiger charge is -2.18. The van der Waals surface area contributed by atoms with Crippen LogP contribution in [0.3, 0.4) is 0 Å². The maximum absolute atomic E-state index is 12.3. The van der Waals surface area contributed by atoms with E-state index in [0.29, 0.717) is 17.7 Å². The van der Waals surface area contributed by atoms with E-state index in [1.807, 2.05) is 0 Å². The second-order valence-electron chi connectivity index (χ2n) is 6.52. The quantitative estimate of drug-likeness (QED) is 0.695. The number of aromatic nitrogens is 3. The Morgan fingerprint density at radius 3 is 2.30 bits per heavy atom. The smallest absolute Gasteiger partial charge is 0.413 e. The molecule has 0 atom stereocenters. The number of aryl methyl sites for hydroxylation is 2. The van der Waals surface area contributed by atoms with Crippen LogP contribution in [0.25, 0.3) is 0 Å². The minimum atomic E-state index is -0.656. The number of carbonyl (C=O) groups is 3. The standard InChI is InChI=1S/C16H21N5O4.CH4O/c1-16(2,3)25-15(24)19-12-8-21(5)13(18-12)14(23)17-10-6-11(9-22)20(4)7-10;1-2/h6-9H,1-5H3,(H,17,23)(H,19,24);2H,1H3. The van der Waals surface area contributed by atoms with Gasteiger partial charge in [0.1, 0.15) is 5.60 Å². The average Bonchev–Trinajstić information content (AvgIpc) is 3.09. The van der Waals surface area contributed by atoms with Gasteiger partial charge in [-0.3, -0.25) is 14.9 Å². The van der Waals surface area contributed by atoms with Crippen molar-refractivity contribution in [3.63, 3.8) is 0 Å². The van der Waals surface area contributed by atoms with Gasteiger partial charge >= 0.3 is 6.09 Å². The van der Waals surface area contributed by atoms with Crippen LogP contribution in [0.15, 0.2) is 18.5 Å². The number of imidazole rings is 1. The zero-order valence-electron chi connectivity index (χ0n) is 16.2. The zero-order valence-corrected chi connectivity index (χ0v) is 16.2. The van der Waals surface area contributed by atoms with Crippen molar-refractivity contribution in [1.29, 1.82) is 0 Å². The van der Waals surface area contributed by atoms with E-state index in [2.05, 4.69) is 15.6 Å².